The van der Waals surface area contributed by atoms with Crippen LogP contribution in [0.5, 0.6) is 0 Å². The lowest BCUT2D eigenvalue weighted by Gasteiger charge is -2.22. The predicted octanol–water partition coefficient (Wildman–Crippen LogP) is 2.31. The summed E-state index contributed by atoms with van der Waals surface area (Å²) in [5.74, 6) is -0.445. The summed E-state index contributed by atoms with van der Waals surface area (Å²) < 4.78 is 9.93. The van der Waals surface area contributed by atoms with Gasteiger partial charge in [0.25, 0.3) is 0 Å². The van der Waals surface area contributed by atoms with Crippen molar-refractivity contribution in [1.82, 2.24) is 0 Å². The second-order valence-corrected chi connectivity index (χ2v) is 4.54. The standard InChI is InChI=1S/C12H22O4/c1-6-9(2)7-8-15-11(14)12(4,5)16-10(3)13/h9H,6-8H2,1-5H3. The van der Waals surface area contributed by atoms with Crippen LogP contribution in [0, 0.1) is 5.92 Å². The van der Waals surface area contributed by atoms with E-state index >= 15 is 0 Å². The second-order valence-electron chi connectivity index (χ2n) is 4.54. The highest BCUT2D eigenvalue weighted by atomic mass is 16.6. The van der Waals surface area contributed by atoms with Gasteiger partial charge in [-0.2, -0.15) is 0 Å². The molecule has 0 aliphatic rings. The summed E-state index contributed by atoms with van der Waals surface area (Å²) in [7, 11) is 0. The van der Waals surface area contributed by atoms with Gasteiger partial charge in [-0.3, -0.25) is 4.79 Å². The first kappa shape index (κ1) is 14.9. The monoisotopic (exact) mass is 230 g/mol. The van der Waals surface area contributed by atoms with Crippen LogP contribution >= 0.6 is 0 Å². The fourth-order valence-electron chi connectivity index (χ4n) is 1.13. The average Bonchev–Trinajstić information content (AvgIpc) is 2.15. The quantitative estimate of drug-likeness (QED) is 0.657. The molecule has 0 bridgehead atoms. The van der Waals surface area contributed by atoms with Crippen molar-refractivity contribution in [1.29, 1.82) is 0 Å². The third-order valence-corrected chi connectivity index (χ3v) is 2.43. The Bertz CT molecular complexity index is 245. The van der Waals surface area contributed by atoms with Crippen LogP contribution in [0.3, 0.4) is 0 Å². The van der Waals surface area contributed by atoms with Gasteiger partial charge in [0, 0.05) is 6.92 Å². The first-order chi connectivity index (χ1) is 7.29. The van der Waals surface area contributed by atoms with Crippen molar-refractivity contribution in [2.45, 2.75) is 53.1 Å². The maximum Gasteiger partial charge on any atom is 0.350 e. The van der Waals surface area contributed by atoms with E-state index in [0.717, 1.165) is 12.8 Å². The third kappa shape index (κ3) is 5.73. The number of hydrogen-bond donors (Lipinski definition) is 0. The number of carbonyl (C=O) groups excluding carboxylic acids is 2. The van der Waals surface area contributed by atoms with Crippen molar-refractivity contribution in [3.63, 3.8) is 0 Å². The number of esters is 2. The van der Waals surface area contributed by atoms with Gasteiger partial charge in [0.1, 0.15) is 0 Å². The van der Waals surface area contributed by atoms with Gasteiger partial charge in [-0.1, -0.05) is 20.3 Å². The molecule has 0 saturated carbocycles. The van der Waals surface area contributed by atoms with Gasteiger partial charge in [0.15, 0.2) is 0 Å². The number of ether oxygens (including phenoxy) is 2. The van der Waals surface area contributed by atoms with Gasteiger partial charge in [0.05, 0.1) is 6.61 Å². The summed E-state index contributed by atoms with van der Waals surface area (Å²) in [6.45, 7) is 8.90. The van der Waals surface area contributed by atoms with Crippen LogP contribution in [0.25, 0.3) is 0 Å². The SMILES string of the molecule is CCC(C)CCOC(=O)C(C)(C)OC(C)=O. The largest absolute Gasteiger partial charge is 0.463 e. The Balaban J connectivity index is 4.00. The van der Waals surface area contributed by atoms with Gasteiger partial charge in [-0.15, -0.1) is 0 Å². The highest BCUT2D eigenvalue weighted by Crippen LogP contribution is 2.13. The van der Waals surface area contributed by atoms with E-state index in [1.165, 1.54) is 20.8 Å². The first-order valence-electron chi connectivity index (χ1n) is 5.66. The van der Waals surface area contributed by atoms with E-state index in [-0.39, 0.29) is 0 Å². The normalized spacial score (nSPS) is 13.1. The Morgan fingerprint density at radius 3 is 2.31 bits per heavy atom. The highest BCUT2D eigenvalue weighted by molar-refractivity contribution is 5.81. The minimum atomic E-state index is -1.19. The Labute approximate surface area is 97.3 Å². The summed E-state index contributed by atoms with van der Waals surface area (Å²) >= 11 is 0. The topological polar surface area (TPSA) is 52.6 Å². The molecule has 0 heterocycles. The van der Waals surface area contributed by atoms with Gasteiger partial charge < -0.3 is 9.47 Å². The van der Waals surface area contributed by atoms with Crippen LogP contribution in [0.1, 0.15) is 47.5 Å². The van der Waals surface area contributed by atoms with Crippen molar-refractivity contribution in [3.8, 4) is 0 Å². The molecule has 0 rings (SSSR count). The van der Waals surface area contributed by atoms with Crippen LogP contribution in [0.2, 0.25) is 0 Å². The fourth-order valence-corrected chi connectivity index (χ4v) is 1.13. The summed E-state index contributed by atoms with van der Waals surface area (Å²) in [5, 5.41) is 0. The smallest absolute Gasteiger partial charge is 0.350 e. The third-order valence-electron chi connectivity index (χ3n) is 2.43. The molecule has 0 aromatic heterocycles. The van der Waals surface area contributed by atoms with E-state index in [2.05, 4.69) is 13.8 Å². The molecule has 0 aliphatic carbocycles. The van der Waals surface area contributed by atoms with Gasteiger partial charge >= 0.3 is 11.9 Å². The Kier molecular flexibility index (Phi) is 6.08. The lowest BCUT2D eigenvalue weighted by molar-refractivity contribution is -0.177. The van der Waals surface area contributed by atoms with Gasteiger partial charge in [0.2, 0.25) is 5.60 Å². The fraction of sp³-hybridized carbons (Fsp3) is 0.833. The van der Waals surface area contributed by atoms with Crippen molar-refractivity contribution < 1.29 is 19.1 Å². The molecule has 1 unspecified atom stereocenters. The number of carbonyl (C=O) groups is 2. The molecule has 0 fully saturated rings. The summed E-state index contributed by atoms with van der Waals surface area (Å²) in [5.41, 5.74) is -1.19. The van der Waals surface area contributed by atoms with Crippen molar-refractivity contribution in [3.05, 3.63) is 0 Å². The minimum Gasteiger partial charge on any atom is -0.463 e. The molecular formula is C12H22O4. The first-order valence-corrected chi connectivity index (χ1v) is 5.66. The van der Waals surface area contributed by atoms with Crippen molar-refractivity contribution >= 4 is 11.9 Å². The van der Waals surface area contributed by atoms with E-state index in [1.54, 1.807) is 0 Å². The molecule has 0 aromatic carbocycles. The molecular weight excluding hydrogens is 208 g/mol. The molecule has 0 N–H and O–H groups in total. The number of rotatable bonds is 6. The molecule has 0 amide bonds. The minimum absolute atomic E-state index is 0.374. The molecule has 0 radical (unpaired) electrons. The Morgan fingerprint density at radius 2 is 1.88 bits per heavy atom. The van der Waals surface area contributed by atoms with Crippen LogP contribution in [-0.4, -0.2) is 24.1 Å². The lowest BCUT2D eigenvalue weighted by atomic mass is 10.1. The Hall–Kier alpha value is -1.06. The summed E-state index contributed by atoms with van der Waals surface area (Å²) in [4.78, 5) is 22.3. The number of hydrogen-bond acceptors (Lipinski definition) is 4. The summed E-state index contributed by atoms with van der Waals surface area (Å²) in [6, 6.07) is 0. The average molecular weight is 230 g/mol. The van der Waals surface area contributed by atoms with Crippen LogP contribution in [0.4, 0.5) is 0 Å². The maximum absolute atomic E-state index is 11.6. The molecule has 0 saturated heterocycles. The van der Waals surface area contributed by atoms with Gasteiger partial charge in [-0.25, -0.2) is 4.79 Å². The molecule has 4 nitrogen and oxygen atoms in total. The molecule has 0 aromatic rings. The summed E-state index contributed by atoms with van der Waals surface area (Å²) in [6.07, 6.45) is 1.89. The van der Waals surface area contributed by atoms with E-state index in [4.69, 9.17) is 9.47 Å². The molecule has 16 heavy (non-hydrogen) atoms. The molecule has 4 heteroatoms. The highest BCUT2D eigenvalue weighted by Gasteiger charge is 2.32. The van der Waals surface area contributed by atoms with Crippen LogP contribution < -0.4 is 0 Å². The molecule has 94 valence electrons. The zero-order valence-electron chi connectivity index (χ0n) is 10.8. The molecule has 0 aliphatic heterocycles. The second kappa shape index (κ2) is 6.51. The van der Waals surface area contributed by atoms with E-state index in [0.29, 0.717) is 12.5 Å². The van der Waals surface area contributed by atoms with Gasteiger partial charge in [-0.05, 0) is 26.2 Å². The predicted molar refractivity (Wildman–Crippen MR) is 60.9 cm³/mol. The van der Waals surface area contributed by atoms with E-state index < -0.39 is 17.5 Å². The maximum atomic E-state index is 11.6. The van der Waals surface area contributed by atoms with Crippen LogP contribution in [-0.2, 0) is 19.1 Å². The zero-order chi connectivity index (χ0) is 12.8. The Morgan fingerprint density at radius 1 is 1.31 bits per heavy atom. The molecule has 1 atom stereocenters. The van der Waals surface area contributed by atoms with Crippen LogP contribution in [0.15, 0.2) is 0 Å². The van der Waals surface area contributed by atoms with E-state index in [9.17, 15) is 9.59 Å². The van der Waals surface area contributed by atoms with Crippen molar-refractivity contribution in [2.24, 2.45) is 5.92 Å². The van der Waals surface area contributed by atoms with Crippen molar-refractivity contribution in [2.75, 3.05) is 6.61 Å². The van der Waals surface area contributed by atoms with E-state index in [1.807, 2.05) is 0 Å². The lowest BCUT2D eigenvalue weighted by Crippen LogP contribution is -2.38. The zero-order valence-corrected chi connectivity index (χ0v) is 10.8. The molecule has 0 spiro atoms.